The molecule has 64 heavy (non-hydrogen) atoms. The Bertz CT molecular complexity index is 1520. The van der Waals surface area contributed by atoms with E-state index in [4.69, 9.17) is 14.2 Å². The predicted octanol–water partition coefficient (Wildman–Crippen LogP) is 16.2. The van der Waals surface area contributed by atoms with Gasteiger partial charge in [0.1, 0.15) is 13.2 Å². The van der Waals surface area contributed by atoms with E-state index in [1.807, 2.05) is 91.1 Å². The van der Waals surface area contributed by atoms with Gasteiger partial charge >= 0.3 is 17.9 Å². The maximum absolute atomic E-state index is 12.8. The van der Waals surface area contributed by atoms with Crippen LogP contribution in [0.4, 0.5) is 0 Å². The Hall–Kier alpha value is -4.97. The van der Waals surface area contributed by atoms with E-state index in [1.165, 1.54) is 6.42 Å². The van der Waals surface area contributed by atoms with Gasteiger partial charge in [-0.25, -0.2) is 0 Å². The lowest BCUT2D eigenvalue weighted by Gasteiger charge is -2.18. The number of hydrogen-bond acceptors (Lipinski definition) is 6. The zero-order valence-corrected chi connectivity index (χ0v) is 40.2. The molecule has 6 heteroatoms. The third-order valence-electron chi connectivity index (χ3n) is 9.55. The number of carbonyl (C=O) groups excluding carboxylic acids is 3. The van der Waals surface area contributed by atoms with Crippen LogP contribution in [0.5, 0.6) is 0 Å². The van der Waals surface area contributed by atoms with E-state index in [0.29, 0.717) is 19.3 Å². The van der Waals surface area contributed by atoms with Crippen molar-refractivity contribution in [1.29, 1.82) is 0 Å². The lowest BCUT2D eigenvalue weighted by Crippen LogP contribution is -2.30. The molecular weight excluding hydrogens is 793 g/mol. The summed E-state index contributed by atoms with van der Waals surface area (Å²) in [6.45, 7) is 6.16. The molecule has 0 spiro atoms. The molecular formula is C58H86O6. The number of ether oxygens (including phenoxy) is 3. The summed E-state index contributed by atoms with van der Waals surface area (Å²) in [6, 6.07) is 0. The van der Waals surface area contributed by atoms with Crippen molar-refractivity contribution < 1.29 is 28.6 Å². The van der Waals surface area contributed by atoms with Crippen molar-refractivity contribution in [3.63, 3.8) is 0 Å². The van der Waals surface area contributed by atoms with Crippen molar-refractivity contribution in [3.05, 3.63) is 158 Å². The van der Waals surface area contributed by atoms with Crippen LogP contribution in [-0.2, 0) is 28.6 Å². The molecule has 0 saturated heterocycles. The van der Waals surface area contributed by atoms with Crippen molar-refractivity contribution in [2.24, 2.45) is 0 Å². The third kappa shape index (κ3) is 48.1. The molecule has 0 aliphatic rings. The zero-order chi connectivity index (χ0) is 46.5. The van der Waals surface area contributed by atoms with Crippen LogP contribution in [0.3, 0.4) is 0 Å². The van der Waals surface area contributed by atoms with Crippen molar-refractivity contribution in [2.45, 2.75) is 175 Å². The second-order valence-corrected chi connectivity index (χ2v) is 15.6. The van der Waals surface area contributed by atoms with Crippen LogP contribution in [0.2, 0.25) is 0 Å². The maximum atomic E-state index is 12.8. The average molecular weight is 879 g/mol. The van der Waals surface area contributed by atoms with Crippen LogP contribution in [0.1, 0.15) is 168 Å². The molecule has 0 amide bonds. The maximum Gasteiger partial charge on any atom is 0.306 e. The quantitative estimate of drug-likeness (QED) is 0.0263. The van der Waals surface area contributed by atoms with Gasteiger partial charge in [-0.15, -0.1) is 0 Å². The molecule has 0 radical (unpaired) electrons. The molecule has 0 N–H and O–H groups in total. The van der Waals surface area contributed by atoms with E-state index in [2.05, 4.69) is 87.6 Å². The number of unbranched alkanes of at least 4 members (excludes halogenated alkanes) is 14. The molecule has 0 aliphatic carbocycles. The topological polar surface area (TPSA) is 78.9 Å². The van der Waals surface area contributed by atoms with Gasteiger partial charge in [0.25, 0.3) is 0 Å². The highest BCUT2D eigenvalue weighted by Crippen LogP contribution is 2.12. The molecule has 6 nitrogen and oxygen atoms in total. The summed E-state index contributed by atoms with van der Waals surface area (Å²) in [5, 5.41) is 0. The molecule has 1 atom stereocenters. The molecule has 1 unspecified atom stereocenters. The summed E-state index contributed by atoms with van der Waals surface area (Å²) in [5.41, 5.74) is 0. The van der Waals surface area contributed by atoms with Gasteiger partial charge in [-0.05, 0) is 77.0 Å². The first kappa shape index (κ1) is 59.0. The Morgan fingerprint density at radius 3 is 0.969 bits per heavy atom. The minimum atomic E-state index is -0.827. The van der Waals surface area contributed by atoms with Gasteiger partial charge in [-0.3, -0.25) is 14.4 Å². The highest BCUT2D eigenvalue weighted by Gasteiger charge is 2.19. The number of rotatable bonds is 41. The van der Waals surface area contributed by atoms with E-state index in [-0.39, 0.29) is 37.5 Å². The number of esters is 3. The highest BCUT2D eigenvalue weighted by atomic mass is 16.6. The van der Waals surface area contributed by atoms with E-state index >= 15 is 0 Å². The van der Waals surface area contributed by atoms with Gasteiger partial charge in [-0.1, -0.05) is 230 Å². The second kappa shape index (κ2) is 50.7. The fourth-order valence-corrected chi connectivity index (χ4v) is 5.90. The minimum Gasteiger partial charge on any atom is -0.462 e. The smallest absolute Gasteiger partial charge is 0.306 e. The standard InChI is InChI=1S/C58H86O6/c1-4-7-10-13-16-19-22-25-27-28-29-31-33-36-39-42-45-48-51-57(60)63-54-55(53-62-56(59)50-47-44-41-38-35-32-24-21-18-15-12-9-6-3)64-58(61)52-49-46-43-40-37-34-30-26-23-20-17-14-11-8-5-2/h8-31,34,37,55H,4-7,32-33,35-36,38-54H2,1-3H3/b11-8-,12-9-,13-10-,17-14-,18-15-,19-16-,23-20-,24-21-,25-22-,28-27-,30-26-,31-29-,37-34-. The Balaban J connectivity index is 4.59. The minimum absolute atomic E-state index is 0.123. The van der Waals surface area contributed by atoms with Gasteiger partial charge in [0.05, 0.1) is 0 Å². The molecule has 0 aromatic rings. The molecule has 0 aromatic heterocycles. The monoisotopic (exact) mass is 879 g/mol. The Kier molecular flexibility index (Phi) is 46.7. The summed E-state index contributed by atoms with van der Waals surface area (Å²) >= 11 is 0. The highest BCUT2D eigenvalue weighted by molar-refractivity contribution is 5.71. The van der Waals surface area contributed by atoms with Gasteiger partial charge in [-0.2, -0.15) is 0 Å². The Labute approximate surface area is 390 Å². The fraction of sp³-hybridized carbons (Fsp3) is 0.500. The van der Waals surface area contributed by atoms with E-state index in [9.17, 15) is 14.4 Å². The Morgan fingerprint density at radius 1 is 0.328 bits per heavy atom. The first-order valence-corrected chi connectivity index (χ1v) is 24.7. The normalized spacial score (nSPS) is 13.5. The van der Waals surface area contributed by atoms with E-state index in [1.54, 1.807) is 0 Å². The molecule has 354 valence electrons. The number of hydrogen-bond donors (Lipinski definition) is 0. The molecule has 0 heterocycles. The van der Waals surface area contributed by atoms with Gasteiger partial charge in [0.15, 0.2) is 6.10 Å². The van der Waals surface area contributed by atoms with Crippen LogP contribution in [-0.4, -0.2) is 37.2 Å². The Morgan fingerprint density at radius 2 is 0.609 bits per heavy atom. The second-order valence-electron chi connectivity index (χ2n) is 15.6. The molecule has 0 aliphatic heterocycles. The summed E-state index contributed by atoms with van der Waals surface area (Å²) in [5.74, 6) is -1.03. The predicted molar refractivity (Wildman–Crippen MR) is 274 cm³/mol. The largest absolute Gasteiger partial charge is 0.462 e. The first-order valence-electron chi connectivity index (χ1n) is 24.7. The fourth-order valence-electron chi connectivity index (χ4n) is 5.90. The molecule has 0 rings (SSSR count). The van der Waals surface area contributed by atoms with Crippen LogP contribution in [0.15, 0.2) is 158 Å². The van der Waals surface area contributed by atoms with Crippen molar-refractivity contribution >= 4 is 17.9 Å². The number of allylic oxidation sites excluding steroid dienone is 26. The molecule has 0 aromatic carbocycles. The van der Waals surface area contributed by atoms with Gasteiger partial charge in [0, 0.05) is 19.3 Å². The van der Waals surface area contributed by atoms with Crippen molar-refractivity contribution in [1.82, 2.24) is 0 Å². The lowest BCUT2D eigenvalue weighted by molar-refractivity contribution is -0.167. The SMILES string of the molecule is CC\C=C/C=C\C=C/C=C\C=C/CCCCCC(=O)OC(COC(=O)CCCCCCC\C=C/C=C\C=C/C=C\C=C/CCC)COC(=O)CCCCCCC\C=C/C=C\C=C/CC. The van der Waals surface area contributed by atoms with E-state index in [0.717, 1.165) is 116 Å². The lowest BCUT2D eigenvalue weighted by atomic mass is 10.1. The number of carbonyl (C=O) groups is 3. The average Bonchev–Trinajstić information content (AvgIpc) is 3.29. The van der Waals surface area contributed by atoms with Crippen LogP contribution < -0.4 is 0 Å². The van der Waals surface area contributed by atoms with Crippen molar-refractivity contribution in [2.75, 3.05) is 13.2 Å². The van der Waals surface area contributed by atoms with Gasteiger partial charge < -0.3 is 14.2 Å². The van der Waals surface area contributed by atoms with Crippen molar-refractivity contribution in [3.8, 4) is 0 Å². The summed E-state index contributed by atoms with van der Waals surface area (Å²) in [4.78, 5) is 37.9. The van der Waals surface area contributed by atoms with Gasteiger partial charge in [0.2, 0.25) is 0 Å². The van der Waals surface area contributed by atoms with Crippen LogP contribution in [0, 0.1) is 0 Å². The summed E-state index contributed by atoms with van der Waals surface area (Å²) in [7, 11) is 0. The van der Waals surface area contributed by atoms with Crippen LogP contribution >= 0.6 is 0 Å². The first-order chi connectivity index (χ1) is 31.5. The van der Waals surface area contributed by atoms with Crippen LogP contribution in [0.25, 0.3) is 0 Å². The zero-order valence-electron chi connectivity index (χ0n) is 40.2. The summed E-state index contributed by atoms with van der Waals surface area (Å²) < 4.78 is 16.7. The summed E-state index contributed by atoms with van der Waals surface area (Å²) in [6.07, 6.45) is 73.6. The molecule has 0 bridgehead atoms. The third-order valence-corrected chi connectivity index (χ3v) is 9.55. The molecule has 0 saturated carbocycles. The molecule has 0 fully saturated rings. The van der Waals surface area contributed by atoms with E-state index < -0.39 is 6.10 Å².